The van der Waals surface area contributed by atoms with Crippen molar-refractivity contribution >= 4 is 26.1 Å². The number of halogens is 1. The summed E-state index contributed by atoms with van der Waals surface area (Å²) < 4.78 is 36.2. The molecule has 1 saturated carbocycles. The summed E-state index contributed by atoms with van der Waals surface area (Å²) >= 11 is 3.70. The zero-order valence-electron chi connectivity index (χ0n) is 20.0. The summed E-state index contributed by atoms with van der Waals surface area (Å²) in [5.41, 5.74) is 1.35. The third-order valence-electron chi connectivity index (χ3n) is 7.89. The molecular formula is C25H40BrN3O3S. The molecule has 186 valence electrons. The Balaban J connectivity index is 1.13. The summed E-state index contributed by atoms with van der Waals surface area (Å²) in [4.78, 5) is 2.64. The minimum atomic E-state index is -3.28. The molecule has 0 spiro atoms. The fourth-order valence-corrected chi connectivity index (χ4v) is 7.66. The molecule has 0 unspecified atom stereocenters. The highest BCUT2D eigenvalue weighted by Gasteiger charge is 2.30. The van der Waals surface area contributed by atoms with Crippen LogP contribution in [0.4, 0.5) is 0 Å². The molecule has 1 N–H and O–H groups in total. The van der Waals surface area contributed by atoms with Crippen molar-refractivity contribution in [1.82, 2.24) is 13.9 Å². The van der Waals surface area contributed by atoms with Gasteiger partial charge in [0.05, 0.1) is 7.11 Å². The first-order chi connectivity index (χ1) is 15.9. The molecule has 0 atom stereocenters. The second-order valence-corrected chi connectivity index (χ2v) is 12.7. The third kappa shape index (κ3) is 7.17. The number of hydrogen-bond donors (Lipinski definition) is 1. The second kappa shape index (κ2) is 11.8. The minimum absolute atomic E-state index is 0.124. The van der Waals surface area contributed by atoms with Crippen LogP contribution in [0.5, 0.6) is 5.75 Å². The van der Waals surface area contributed by atoms with Crippen molar-refractivity contribution in [1.29, 1.82) is 0 Å². The number of likely N-dealkylation sites (tertiary alicyclic amines) is 1. The van der Waals surface area contributed by atoms with E-state index in [0.717, 1.165) is 62.5 Å². The topological polar surface area (TPSA) is 61.9 Å². The van der Waals surface area contributed by atoms with Gasteiger partial charge in [0, 0.05) is 23.6 Å². The molecule has 0 aromatic heterocycles. The second-order valence-electron chi connectivity index (χ2n) is 10.2. The minimum Gasteiger partial charge on any atom is -0.497 e. The van der Waals surface area contributed by atoms with E-state index in [4.69, 9.17) is 4.74 Å². The number of nitrogens with zero attached hydrogens (tertiary/aromatic N) is 2. The highest BCUT2D eigenvalue weighted by Crippen LogP contribution is 2.31. The van der Waals surface area contributed by atoms with Gasteiger partial charge >= 0.3 is 0 Å². The number of methoxy groups -OCH3 is 1. The predicted octanol–water partition coefficient (Wildman–Crippen LogP) is 4.59. The summed E-state index contributed by atoms with van der Waals surface area (Å²) in [5.74, 6) is 2.41. The fourth-order valence-electron chi connectivity index (χ4n) is 5.71. The Morgan fingerprint density at radius 3 is 2.36 bits per heavy atom. The van der Waals surface area contributed by atoms with Gasteiger partial charge in [-0.05, 0) is 119 Å². The van der Waals surface area contributed by atoms with Crippen LogP contribution in [0.2, 0.25) is 0 Å². The zero-order chi connectivity index (χ0) is 23.3. The van der Waals surface area contributed by atoms with Crippen LogP contribution in [0.15, 0.2) is 22.7 Å². The molecule has 1 aliphatic carbocycles. The van der Waals surface area contributed by atoms with Gasteiger partial charge in [0.15, 0.2) is 0 Å². The van der Waals surface area contributed by atoms with Gasteiger partial charge in [-0.3, -0.25) is 0 Å². The largest absolute Gasteiger partial charge is 0.497 e. The number of benzene rings is 1. The van der Waals surface area contributed by atoms with Gasteiger partial charge in [0.2, 0.25) is 0 Å². The molecule has 8 heteroatoms. The Morgan fingerprint density at radius 1 is 1.00 bits per heavy atom. The van der Waals surface area contributed by atoms with Gasteiger partial charge in [-0.1, -0.05) is 15.9 Å². The van der Waals surface area contributed by atoms with Crippen molar-refractivity contribution < 1.29 is 13.2 Å². The molecule has 2 heterocycles. The lowest BCUT2D eigenvalue weighted by molar-refractivity contribution is 0.164. The van der Waals surface area contributed by atoms with Gasteiger partial charge < -0.3 is 9.64 Å². The molecule has 1 aromatic carbocycles. The van der Waals surface area contributed by atoms with Crippen molar-refractivity contribution in [2.24, 2.45) is 11.8 Å². The average Bonchev–Trinajstić information content (AvgIpc) is 3.37. The average molecular weight is 543 g/mol. The fraction of sp³-hybridized carbons (Fsp3) is 0.760. The first-order valence-corrected chi connectivity index (χ1v) is 15.0. The summed E-state index contributed by atoms with van der Waals surface area (Å²) in [6.07, 6.45) is 11.1. The molecule has 0 bridgehead atoms. The van der Waals surface area contributed by atoms with E-state index in [1.165, 1.54) is 48.9 Å². The first kappa shape index (κ1) is 25.4. The molecule has 2 saturated heterocycles. The van der Waals surface area contributed by atoms with Crippen LogP contribution in [0, 0.1) is 11.8 Å². The Kier molecular flexibility index (Phi) is 9.12. The Morgan fingerprint density at radius 2 is 1.70 bits per heavy atom. The van der Waals surface area contributed by atoms with Crippen LogP contribution < -0.4 is 9.46 Å². The predicted molar refractivity (Wildman–Crippen MR) is 137 cm³/mol. The van der Waals surface area contributed by atoms with E-state index in [2.05, 4.69) is 37.7 Å². The monoisotopic (exact) mass is 541 g/mol. The first-order valence-electron chi connectivity index (χ1n) is 12.7. The maximum absolute atomic E-state index is 12.5. The van der Waals surface area contributed by atoms with Crippen LogP contribution in [-0.4, -0.2) is 63.5 Å². The summed E-state index contributed by atoms with van der Waals surface area (Å²) in [5, 5.41) is 0. The highest BCUT2D eigenvalue weighted by atomic mass is 79.9. The van der Waals surface area contributed by atoms with E-state index in [-0.39, 0.29) is 6.04 Å². The smallest absolute Gasteiger partial charge is 0.279 e. The van der Waals surface area contributed by atoms with Gasteiger partial charge in [-0.2, -0.15) is 17.4 Å². The van der Waals surface area contributed by atoms with Gasteiger partial charge in [-0.15, -0.1) is 0 Å². The summed E-state index contributed by atoms with van der Waals surface area (Å²) in [6, 6.07) is 6.39. The summed E-state index contributed by atoms with van der Waals surface area (Å²) in [6.45, 7) is 4.93. The van der Waals surface area contributed by atoms with Crippen molar-refractivity contribution in [2.45, 2.75) is 70.3 Å². The molecule has 1 aromatic rings. The van der Waals surface area contributed by atoms with Crippen LogP contribution in [0.25, 0.3) is 0 Å². The zero-order valence-corrected chi connectivity index (χ0v) is 22.4. The SMILES string of the molecule is COc1ccc(Br)c(CC2CCN(CC[C@H]3CC[C@H](NS(=O)(=O)N4CCCC4)CC3)CC2)c1. The lowest BCUT2D eigenvalue weighted by atomic mass is 9.84. The molecule has 6 nitrogen and oxygen atoms in total. The van der Waals surface area contributed by atoms with E-state index < -0.39 is 10.2 Å². The van der Waals surface area contributed by atoms with E-state index in [9.17, 15) is 8.42 Å². The normalized spacial score (nSPS) is 26.0. The van der Waals surface area contributed by atoms with Crippen molar-refractivity contribution in [3.63, 3.8) is 0 Å². The van der Waals surface area contributed by atoms with Crippen molar-refractivity contribution in [2.75, 3.05) is 39.8 Å². The molecule has 0 radical (unpaired) electrons. The standard InChI is InChI=1S/C25H40BrN3O3S/c1-32-24-8-9-25(26)22(19-24)18-21-11-16-28(17-12-21)15-10-20-4-6-23(7-5-20)27-33(30,31)29-13-2-3-14-29/h8-9,19-21,23,27H,2-7,10-18H2,1H3/t20-,23-. The Hall–Kier alpha value is -0.670. The van der Waals surface area contributed by atoms with Crippen LogP contribution in [0.3, 0.4) is 0 Å². The Bertz CT molecular complexity index is 860. The number of hydrogen-bond acceptors (Lipinski definition) is 4. The molecular weight excluding hydrogens is 502 g/mol. The highest BCUT2D eigenvalue weighted by molar-refractivity contribution is 9.10. The quantitative estimate of drug-likeness (QED) is 0.496. The lowest BCUT2D eigenvalue weighted by Gasteiger charge is -2.34. The van der Waals surface area contributed by atoms with Crippen molar-refractivity contribution in [3.8, 4) is 5.75 Å². The van der Waals surface area contributed by atoms with Gasteiger partial charge in [-0.25, -0.2) is 0 Å². The number of ether oxygens (including phenoxy) is 1. The Labute approximate surface area is 208 Å². The number of nitrogens with one attached hydrogen (secondary N) is 1. The maximum Gasteiger partial charge on any atom is 0.279 e. The van der Waals surface area contributed by atoms with E-state index >= 15 is 0 Å². The maximum atomic E-state index is 12.5. The van der Waals surface area contributed by atoms with Gasteiger partial charge in [0.25, 0.3) is 10.2 Å². The summed E-state index contributed by atoms with van der Waals surface area (Å²) in [7, 11) is -1.55. The third-order valence-corrected chi connectivity index (χ3v) is 10.3. The molecule has 2 aliphatic heterocycles. The molecule has 33 heavy (non-hydrogen) atoms. The lowest BCUT2D eigenvalue weighted by Crippen LogP contribution is -2.45. The molecule has 0 amide bonds. The molecule has 3 fully saturated rings. The molecule has 4 rings (SSSR count). The van der Waals surface area contributed by atoms with Crippen LogP contribution >= 0.6 is 15.9 Å². The van der Waals surface area contributed by atoms with Crippen LogP contribution in [0.1, 0.15) is 63.4 Å². The molecule has 3 aliphatic rings. The van der Waals surface area contributed by atoms with E-state index in [1.54, 1.807) is 11.4 Å². The van der Waals surface area contributed by atoms with Crippen molar-refractivity contribution in [3.05, 3.63) is 28.2 Å². The number of rotatable bonds is 9. The van der Waals surface area contributed by atoms with Crippen LogP contribution in [-0.2, 0) is 16.6 Å². The van der Waals surface area contributed by atoms with E-state index in [0.29, 0.717) is 13.1 Å². The van der Waals surface area contributed by atoms with Gasteiger partial charge in [0.1, 0.15) is 5.75 Å². The van der Waals surface area contributed by atoms with E-state index in [1.807, 2.05) is 6.07 Å². The number of piperidine rings is 1.